The van der Waals surface area contributed by atoms with Crippen molar-refractivity contribution in [2.45, 2.75) is 70.6 Å². The van der Waals surface area contributed by atoms with Crippen molar-refractivity contribution in [2.24, 2.45) is 5.92 Å². The molecule has 7 heteroatoms. The third-order valence-corrected chi connectivity index (χ3v) is 6.80. The maximum Gasteiger partial charge on any atom is 0.307 e. The van der Waals surface area contributed by atoms with E-state index >= 15 is 0 Å². The number of amides is 1. The fourth-order valence-electron chi connectivity index (χ4n) is 4.89. The number of allylic oxidation sites excluding steroid dienone is 1. The molecule has 0 radical (unpaired) electrons. The van der Waals surface area contributed by atoms with E-state index in [0.29, 0.717) is 22.9 Å². The molecule has 2 aromatic carbocycles. The lowest BCUT2D eigenvalue weighted by atomic mass is 9.74. The van der Waals surface area contributed by atoms with Crippen molar-refractivity contribution in [2.75, 3.05) is 0 Å². The van der Waals surface area contributed by atoms with Crippen molar-refractivity contribution in [3.8, 4) is 6.07 Å². The molecule has 2 aromatic rings. The molecule has 0 aliphatic carbocycles. The van der Waals surface area contributed by atoms with Crippen LogP contribution in [0, 0.1) is 17.2 Å². The Balaban J connectivity index is 2.14. The molecule has 1 aliphatic heterocycles. The monoisotopic (exact) mass is 526 g/mol. The van der Waals surface area contributed by atoms with Crippen molar-refractivity contribution < 1.29 is 14.3 Å². The Labute approximate surface area is 223 Å². The molecule has 0 spiro atoms. The molecule has 190 valence electrons. The van der Waals surface area contributed by atoms with E-state index < -0.39 is 17.5 Å². The van der Waals surface area contributed by atoms with Gasteiger partial charge in [-0.25, -0.2) is 0 Å². The molecule has 0 aromatic heterocycles. The quantitative estimate of drug-likeness (QED) is 0.281. The maximum absolute atomic E-state index is 14.0. The van der Waals surface area contributed by atoms with Gasteiger partial charge in [-0.1, -0.05) is 60.5 Å². The summed E-state index contributed by atoms with van der Waals surface area (Å²) in [6.45, 7) is 7.41. The van der Waals surface area contributed by atoms with Crippen molar-refractivity contribution in [1.29, 1.82) is 5.26 Å². The predicted molar refractivity (Wildman–Crippen MR) is 143 cm³/mol. The molecular formula is C29H32Cl2N2O3. The maximum atomic E-state index is 14.0. The van der Waals surface area contributed by atoms with Gasteiger partial charge in [0.15, 0.2) is 0 Å². The van der Waals surface area contributed by atoms with Gasteiger partial charge in [-0.3, -0.25) is 9.59 Å². The predicted octanol–water partition coefficient (Wildman–Crippen LogP) is 7.26. The third kappa shape index (κ3) is 6.90. The van der Waals surface area contributed by atoms with Crippen molar-refractivity contribution in [3.05, 3.63) is 81.9 Å². The lowest BCUT2D eigenvalue weighted by molar-refractivity contribution is -0.161. The van der Waals surface area contributed by atoms with Crippen LogP contribution in [0.1, 0.15) is 70.0 Å². The van der Waals surface area contributed by atoms with Gasteiger partial charge in [-0.2, -0.15) is 5.26 Å². The number of esters is 1. The second-order valence-electron chi connectivity index (χ2n) is 10.1. The molecule has 1 aliphatic rings. The van der Waals surface area contributed by atoms with Crippen LogP contribution in [0.2, 0.25) is 10.0 Å². The zero-order valence-electron chi connectivity index (χ0n) is 21.1. The average molecular weight is 527 g/mol. The number of rotatable bonds is 7. The summed E-state index contributed by atoms with van der Waals surface area (Å²) in [5, 5.41) is 10.4. The molecule has 0 bridgehead atoms. The Morgan fingerprint density at radius 1 is 1.17 bits per heavy atom. The Hall–Kier alpha value is -2.81. The summed E-state index contributed by atoms with van der Waals surface area (Å²) in [6, 6.07) is 16.5. The SMILES string of the molecule is CC[C@@H](/C=C/C#N)N1C(=O)[C@@H](CC(=O)OC(C)(C)C)C[C@H](c2cccc(Cl)c2)[C@H]1c1ccc(Cl)cc1. The van der Waals surface area contributed by atoms with Gasteiger partial charge in [-0.05, 0) is 69.0 Å². The van der Waals surface area contributed by atoms with E-state index in [2.05, 4.69) is 0 Å². The standard InChI is InChI=1S/C29H32Cl2N2O3/c1-5-24(10-7-15-32)33-27(19-11-13-22(30)14-12-19)25(20-8-6-9-23(31)16-20)17-21(28(33)35)18-26(34)36-29(2,3)4/h6-14,16,21,24-25,27H,5,17-18H2,1-4H3/b10-7+/t21-,24+,25-,27-/m1/s1. The number of nitriles is 1. The summed E-state index contributed by atoms with van der Waals surface area (Å²) in [7, 11) is 0. The number of benzene rings is 2. The number of halogens is 2. The number of ether oxygens (including phenoxy) is 1. The molecule has 1 fully saturated rings. The van der Waals surface area contributed by atoms with E-state index in [9.17, 15) is 14.9 Å². The van der Waals surface area contributed by atoms with Crippen LogP contribution >= 0.6 is 23.2 Å². The van der Waals surface area contributed by atoms with E-state index in [0.717, 1.165) is 11.1 Å². The zero-order chi connectivity index (χ0) is 26.5. The van der Waals surface area contributed by atoms with Gasteiger partial charge in [0.1, 0.15) is 5.60 Å². The molecule has 36 heavy (non-hydrogen) atoms. The summed E-state index contributed by atoms with van der Waals surface area (Å²) in [5.74, 6) is -1.25. The van der Waals surface area contributed by atoms with E-state index in [1.807, 2.05) is 87.2 Å². The van der Waals surface area contributed by atoms with Gasteiger partial charge in [0.05, 0.1) is 24.6 Å². The van der Waals surface area contributed by atoms with E-state index in [1.54, 1.807) is 6.08 Å². The first kappa shape index (κ1) is 27.8. The molecule has 0 saturated carbocycles. The fraction of sp³-hybridized carbons (Fsp3) is 0.414. The number of piperidine rings is 1. The Morgan fingerprint density at radius 3 is 2.44 bits per heavy atom. The van der Waals surface area contributed by atoms with Gasteiger partial charge < -0.3 is 9.64 Å². The molecule has 1 saturated heterocycles. The molecule has 1 amide bonds. The summed E-state index contributed by atoms with van der Waals surface area (Å²) in [6.07, 6.45) is 4.21. The highest BCUT2D eigenvalue weighted by Crippen LogP contribution is 2.47. The minimum absolute atomic E-state index is 0.0184. The summed E-state index contributed by atoms with van der Waals surface area (Å²) in [4.78, 5) is 28.7. The van der Waals surface area contributed by atoms with Crippen LogP contribution in [0.15, 0.2) is 60.7 Å². The molecule has 1 heterocycles. The Bertz CT molecular complexity index is 1150. The molecule has 4 atom stereocenters. The van der Waals surface area contributed by atoms with E-state index in [4.69, 9.17) is 27.9 Å². The van der Waals surface area contributed by atoms with E-state index in [1.165, 1.54) is 6.08 Å². The number of nitrogens with zero attached hydrogens (tertiary/aromatic N) is 2. The van der Waals surface area contributed by atoms with E-state index in [-0.39, 0.29) is 30.3 Å². The number of likely N-dealkylation sites (tertiary alicyclic amines) is 1. The second-order valence-corrected chi connectivity index (χ2v) is 11.0. The number of carbonyl (C=O) groups is 2. The molecule has 0 unspecified atom stereocenters. The lowest BCUT2D eigenvalue weighted by Crippen LogP contribution is -2.51. The van der Waals surface area contributed by atoms with Crippen LogP contribution in [0.4, 0.5) is 0 Å². The van der Waals surface area contributed by atoms with Gasteiger partial charge in [-0.15, -0.1) is 0 Å². The van der Waals surface area contributed by atoms with Crippen LogP contribution in [-0.2, 0) is 14.3 Å². The van der Waals surface area contributed by atoms with Crippen LogP contribution in [-0.4, -0.2) is 28.4 Å². The van der Waals surface area contributed by atoms with Gasteiger partial charge in [0, 0.05) is 28.0 Å². The van der Waals surface area contributed by atoms with Crippen LogP contribution < -0.4 is 0 Å². The normalized spacial score (nSPS) is 21.3. The highest BCUT2D eigenvalue weighted by Gasteiger charge is 2.46. The Morgan fingerprint density at radius 2 is 1.86 bits per heavy atom. The number of hydrogen-bond donors (Lipinski definition) is 0. The topological polar surface area (TPSA) is 70.4 Å². The average Bonchev–Trinajstić information content (AvgIpc) is 2.81. The molecule has 5 nitrogen and oxygen atoms in total. The third-order valence-electron chi connectivity index (χ3n) is 6.31. The number of carbonyl (C=O) groups excluding carboxylic acids is 2. The van der Waals surface area contributed by atoms with Crippen molar-refractivity contribution in [3.63, 3.8) is 0 Å². The van der Waals surface area contributed by atoms with Crippen molar-refractivity contribution in [1.82, 2.24) is 4.90 Å². The summed E-state index contributed by atoms with van der Waals surface area (Å²) in [5.41, 5.74) is 1.26. The molecular weight excluding hydrogens is 495 g/mol. The first-order valence-corrected chi connectivity index (χ1v) is 12.9. The molecule has 0 N–H and O–H groups in total. The highest BCUT2D eigenvalue weighted by molar-refractivity contribution is 6.30. The fourth-order valence-corrected chi connectivity index (χ4v) is 5.22. The van der Waals surface area contributed by atoms with Gasteiger partial charge in [0.2, 0.25) is 5.91 Å². The first-order valence-electron chi connectivity index (χ1n) is 12.1. The zero-order valence-corrected chi connectivity index (χ0v) is 22.6. The lowest BCUT2D eigenvalue weighted by Gasteiger charge is -2.47. The minimum atomic E-state index is -0.645. The van der Waals surface area contributed by atoms with Crippen LogP contribution in [0.5, 0.6) is 0 Å². The highest BCUT2D eigenvalue weighted by atomic mass is 35.5. The number of hydrogen-bond acceptors (Lipinski definition) is 4. The second kappa shape index (κ2) is 12.0. The Kier molecular flexibility index (Phi) is 9.22. The van der Waals surface area contributed by atoms with Gasteiger partial charge in [0.25, 0.3) is 0 Å². The minimum Gasteiger partial charge on any atom is -0.460 e. The van der Waals surface area contributed by atoms with Crippen LogP contribution in [0.25, 0.3) is 0 Å². The largest absolute Gasteiger partial charge is 0.460 e. The van der Waals surface area contributed by atoms with Gasteiger partial charge >= 0.3 is 5.97 Å². The summed E-state index contributed by atoms with van der Waals surface area (Å²) < 4.78 is 5.56. The summed E-state index contributed by atoms with van der Waals surface area (Å²) >= 11 is 12.6. The smallest absolute Gasteiger partial charge is 0.307 e. The molecule has 3 rings (SSSR count). The van der Waals surface area contributed by atoms with Crippen LogP contribution in [0.3, 0.4) is 0 Å². The first-order chi connectivity index (χ1) is 17.0. The van der Waals surface area contributed by atoms with Crippen molar-refractivity contribution >= 4 is 35.1 Å².